The quantitative estimate of drug-likeness (QED) is 0.729. The molecule has 90 valence electrons. The van der Waals surface area contributed by atoms with Crippen LogP contribution in [0.25, 0.3) is 0 Å². The van der Waals surface area contributed by atoms with Gasteiger partial charge in [0.15, 0.2) is 11.5 Å². The second kappa shape index (κ2) is 5.73. The molecule has 1 heterocycles. The first-order chi connectivity index (χ1) is 7.74. The molecule has 0 unspecified atom stereocenters. The number of hydrogen-bond donors (Lipinski definition) is 0. The lowest BCUT2D eigenvalue weighted by Gasteiger charge is -2.21. The Morgan fingerprint density at radius 1 is 1.38 bits per heavy atom. The summed E-state index contributed by atoms with van der Waals surface area (Å²) in [5, 5.41) is 0. The van der Waals surface area contributed by atoms with Gasteiger partial charge in [-0.3, -0.25) is 0 Å². The van der Waals surface area contributed by atoms with Gasteiger partial charge in [0.05, 0.1) is 13.7 Å². The molecule has 0 amide bonds. The minimum Gasteiger partial charge on any atom is -0.493 e. The van der Waals surface area contributed by atoms with Gasteiger partial charge in [-0.25, -0.2) is 4.39 Å². The van der Waals surface area contributed by atoms with Gasteiger partial charge in [-0.2, -0.15) is 0 Å². The second-order valence-electron chi connectivity index (χ2n) is 3.47. The zero-order valence-corrected chi connectivity index (χ0v) is 10.4. The second-order valence-corrected chi connectivity index (χ2v) is 3.47. The highest BCUT2D eigenvalue weighted by Crippen LogP contribution is 2.37. The first kappa shape index (κ1) is 12.8. The van der Waals surface area contributed by atoms with Gasteiger partial charge in [0.2, 0.25) is 0 Å². The van der Waals surface area contributed by atoms with Crippen molar-refractivity contribution < 1.29 is 13.9 Å². The normalized spacial score (nSPS) is 13.1. The van der Waals surface area contributed by atoms with Crippen molar-refractivity contribution >= 4 is 0 Å². The van der Waals surface area contributed by atoms with Crippen molar-refractivity contribution in [1.82, 2.24) is 0 Å². The number of ether oxygens (including phenoxy) is 2. The minimum atomic E-state index is -0.152. The number of methoxy groups -OCH3 is 1. The largest absolute Gasteiger partial charge is 0.493 e. The maximum absolute atomic E-state index is 13.7. The lowest BCUT2D eigenvalue weighted by molar-refractivity contribution is 0.264. The summed E-state index contributed by atoms with van der Waals surface area (Å²) >= 11 is 0. The van der Waals surface area contributed by atoms with Gasteiger partial charge in [-0.1, -0.05) is 13.8 Å². The summed E-state index contributed by atoms with van der Waals surface area (Å²) in [6.45, 7) is 6.39. The zero-order chi connectivity index (χ0) is 12.1. The first-order valence-corrected chi connectivity index (χ1v) is 5.73. The van der Waals surface area contributed by atoms with Crippen LogP contribution in [0.3, 0.4) is 0 Å². The summed E-state index contributed by atoms with van der Waals surface area (Å²) in [4.78, 5) is 0. The molecule has 0 saturated carbocycles. The van der Waals surface area contributed by atoms with Crippen LogP contribution in [-0.4, -0.2) is 13.7 Å². The highest BCUT2D eigenvalue weighted by Gasteiger charge is 2.21. The Morgan fingerprint density at radius 3 is 2.69 bits per heavy atom. The number of fused-ring (bicyclic) bond motifs is 1. The molecule has 0 N–H and O–H groups in total. The summed E-state index contributed by atoms with van der Waals surface area (Å²) in [5.41, 5.74) is 1.28. The molecule has 16 heavy (non-hydrogen) atoms. The topological polar surface area (TPSA) is 18.5 Å². The zero-order valence-electron chi connectivity index (χ0n) is 10.4. The van der Waals surface area contributed by atoms with Crippen molar-refractivity contribution in [2.45, 2.75) is 33.6 Å². The van der Waals surface area contributed by atoms with E-state index in [-0.39, 0.29) is 5.82 Å². The molecule has 0 radical (unpaired) electrons. The van der Waals surface area contributed by atoms with Gasteiger partial charge in [0.25, 0.3) is 0 Å². The van der Waals surface area contributed by atoms with Crippen LogP contribution >= 0.6 is 0 Å². The fourth-order valence-electron chi connectivity index (χ4n) is 1.77. The van der Waals surface area contributed by atoms with Crippen LogP contribution in [0.2, 0.25) is 0 Å². The van der Waals surface area contributed by atoms with Crippen LogP contribution in [0.4, 0.5) is 4.39 Å². The fraction of sp³-hybridized carbons (Fsp3) is 0.538. The third-order valence-corrected chi connectivity index (χ3v) is 2.49. The standard InChI is InChI=1S/C11H13FO2.C2H6/c1-7-6-9(13-2)11-8(10(7)12)4-3-5-14-11;1-2/h6H,3-5H2,1-2H3;1-2H3. The van der Waals surface area contributed by atoms with E-state index in [2.05, 4.69) is 0 Å². The van der Waals surface area contributed by atoms with Crippen LogP contribution in [0, 0.1) is 12.7 Å². The molecular weight excluding hydrogens is 207 g/mol. The van der Waals surface area contributed by atoms with E-state index >= 15 is 0 Å². The molecule has 2 nitrogen and oxygen atoms in total. The van der Waals surface area contributed by atoms with E-state index in [1.165, 1.54) is 0 Å². The Morgan fingerprint density at radius 2 is 2.06 bits per heavy atom. The van der Waals surface area contributed by atoms with Crippen LogP contribution < -0.4 is 9.47 Å². The Balaban J connectivity index is 0.000000606. The van der Waals surface area contributed by atoms with Crippen molar-refractivity contribution in [3.8, 4) is 11.5 Å². The summed E-state index contributed by atoms with van der Waals surface area (Å²) in [5.74, 6) is 1.07. The van der Waals surface area contributed by atoms with Crippen molar-refractivity contribution in [3.63, 3.8) is 0 Å². The van der Waals surface area contributed by atoms with Crippen LogP contribution in [0.15, 0.2) is 6.07 Å². The lowest BCUT2D eigenvalue weighted by atomic mass is 10.0. The molecule has 1 aromatic rings. The predicted molar refractivity (Wildman–Crippen MR) is 62.9 cm³/mol. The van der Waals surface area contributed by atoms with Crippen molar-refractivity contribution in [2.75, 3.05) is 13.7 Å². The smallest absolute Gasteiger partial charge is 0.167 e. The Bertz CT molecular complexity index is 361. The maximum Gasteiger partial charge on any atom is 0.167 e. The number of hydrogen-bond acceptors (Lipinski definition) is 2. The molecule has 0 spiro atoms. The average molecular weight is 226 g/mol. The highest BCUT2D eigenvalue weighted by atomic mass is 19.1. The summed E-state index contributed by atoms with van der Waals surface area (Å²) in [6.07, 6.45) is 1.61. The predicted octanol–water partition coefficient (Wildman–Crippen LogP) is 3.49. The number of benzene rings is 1. The molecule has 0 bridgehead atoms. The summed E-state index contributed by atoms with van der Waals surface area (Å²) in [7, 11) is 1.57. The molecule has 1 aliphatic heterocycles. The summed E-state index contributed by atoms with van der Waals surface area (Å²) < 4.78 is 24.2. The van der Waals surface area contributed by atoms with E-state index in [0.29, 0.717) is 29.2 Å². The third kappa shape index (κ3) is 2.29. The van der Waals surface area contributed by atoms with E-state index in [4.69, 9.17) is 9.47 Å². The Kier molecular flexibility index (Phi) is 4.59. The number of aryl methyl sites for hydroxylation is 1. The van der Waals surface area contributed by atoms with Gasteiger partial charge in [0.1, 0.15) is 5.82 Å². The third-order valence-electron chi connectivity index (χ3n) is 2.49. The molecule has 1 aliphatic rings. The van der Waals surface area contributed by atoms with Gasteiger partial charge in [-0.05, 0) is 31.4 Å². The van der Waals surface area contributed by atoms with Gasteiger partial charge < -0.3 is 9.47 Å². The van der Waals surface area contributed by atoms with Crippen molar-refractivity contribution in [1.29, 1.82) is 0 Å². The van der Waals surface area contributed by atoms with Gasteiger partial charge in [-0.15, -0.1) is 0 Å². The number of rotatable bonds is 1. The molecule has 0 saturated heterocycles. The molecule has 2 rings (SSSR count). The molecule has 0 aromatic heterocycles. The fourth-order valence-corrected chi connectivity index (χ4v) is 1.77. The van der Waals surface area contributed by atoms with E-state index in [0.717, 1.165) is 12.8 Å². The van der Waals surface area contributed by atoms with Gasteiger partial charge >= 0.3 is 0 Å². The Labute approximate surface area is 96.4 Å². The molecule has 0 atom stereocenters. The first-order valence-electron chi connectivity index (χ1n) is 5.73. The Hall–Kier alpha value is -1.25. The van der Waals surface area contributed by atoms with Crippen LogP contribution in [-0.2, 0) is 6.42 Å². The van der Waals surface area contributed by atoms with E-state index in [1.54, 1.807) is 20.1 Å². The SMILES string of the molecule is CC.COc1cc(C)c(F)c2c1OCCC2. The average Bonchev–Trinajstić information content (AvgIpc) is 2.36. The van der Waals surface area contributed by atoms with Crippen molar-refractivity contribution in [3.05, 3.63) is 23.0 Å². The molecule has 0 fully saturated rings. The highest BCUT2D eigenvalue weighted by molar-refractivity contribution is 5.51. The van der Waals surface area contributed by atoms with E-state index in [9.17, 15) is 4.39 Å². The molecule has 3 heteroatoms. The van der Waals surface area contributed by atoms with E-state index in [1.807, 2.05) is 13.8 Å². The van der Waals surface area contributed by atoms with Crippen LogP contribution in [0.1, 0.15) is 31.4 Å². The van der Waals surface area contributed by atoms with E-state index < -0.39 is 0 Å². The molecule has 0 aliphatic carbocycles. The monoisotopic (exact) mass is 226 g/mol. The molecule has 1 aromatic carbocycles. The number of halogens is 1. The van der Waals surface area contributed by atoms with Crippen LogP contribution in [0.5, 0.6) is 11.5 Å². The summed E-state index contributed by atoms with van der Waals surface area (Å²) in [6, 6.07) is 1.68. The lowest BCUT2D eigenvalue weighted by Crippen LogP contribution is -2.12. The molecular formula is C13H19FO2. The van der Waals surface area contributed by atoms with Gasteiger partial charge in [0, 0.05) is 5.56 Å². The maximum atomic E-state index is 13.7. The van der Waals surface area contributed by atoms with Crippen molar-refractivity contribution in [2.24, 2.45) is 0 Å². The minimum absolute atomic E-state index is 0.152.